The maximum absolute atomic E-state index is 12.3. The summed E-state index contributed by atoms with van der Waals surface area (Å²) >= 11 is 0. The molecule has 2 aliphatic heterocycles. The van der Waals surface area contributed by atoms with Crippen LogP contribution in [0.2, 0.25) is 0 Å². The zero-order chi connectivity index (χ0) is 18.6. The van der Waals surface area contributed by atoms with E-state index < -0.39 is 0 Å². The molecule has 1 atom stereocenters. The van der Waals surface area contributed by atoms with E-state index in [0.29, 0.717) is 13.1 Å². The standard InChI is InChI=1S/C21H34N4O.2ClH/c1-21(2)16-25(12-9-19(21)22)15-20(26)23-13-17-5-7-18(8-6-17)14-24-10-3-4-11-24;;/h5-8,19H,3-4,9-16,22H2,1-2H3,(H,23,26);2*1H. The van der Waals surface area contributed by atoms with Gasteiger partial charge in [0.1, 0.15) is 0 Å². The van der Waals surface area contributed by atoms with Gasteiger partial charge in [0.15, 0.2) is 0 Å². The van der Waals surface area contributed by atoms with Gasteiger partial charge in [0, 0.05) is 32.2 Å². The third-order valence-corrected chi connectivity index (χ3v) is 5.88. The number of rotatable bonds is 6. The SMILES string of the molecule is CC1(C)CN(CC(=O)NCc2ccc(CN3CCCC3)cc2)CCC1N.Cl.Cl. The van der Waals surface area contributed by atoms with Crippen molar-refractivity contribution in [2.75, 3.05) is 32.7 Å². The highest BCUT2D eigenvalue weighted by Crippen LogP contribution is 2.27. The van der Waals surface area contributed by atoms with Gasteiger partial charge in [0.05, 0.1) is 6.54 Å². The van der Waals surface area contributed by atoms with E-state index in [2.05, 4.69) is 53.2 Å². The van der Waals surface area contributed by atoms with Crippen molar-refractivity contribution in [2.24, 2.45) is 11.1 Å². The summed E-state index contributed by atoms with van der Waals surface area (Å²) in [5.41, 5.74) is 8.76. The number of likely N-dealkylation sites (tertiary alicyclic amines) is 2. The minimum Gasteiger partial charge on any atom is -0.351 e. The number of amides is 1. The maximum Gasteiger partial charge on any atom is 0.234 e. The van der Waals surface area contributed by atoms with Crippen LogP contribution in [0, 0.1) is 5.41 Å². The summed E-state index contributed by atoms with van der Waals surface area (Å²) in [6, 6.07) is 8.87. The summed E-state index contributed by atoms with van der Waals surface area (Å²) in [6.45, 7) is 10.7. The summed E-state index contributed by atoms with van der Waals surface area (Å²) in [4.78, 5) is 17.0. The normalized spacial score (nSPS) is 22.2. The summed E-state index contributed by atoms with van der Waals surface area (Å²) in [5, 5.41) is 3.06. The third kappa shape index (κ3) is 7.20. The average Bonchev–Trinajstić information content (AvgIpc) is 3.10. The Hall–Kier alpha value is -0.850. The van der Waals surface area contributed by atoms with Crippen molar-refractivity contribution in [2.45, 2.75) is 52.2 Å². The second kappa shape index (κ2) is 11.4. The second-order valence-corrected chi connectivity index (χ2v) is 8.67. The molecule has 0 radical (unpaired) electrons. The molecule has 1 aromatic carbocycles. The summed E-state index contributed by atoms with van der Waals surface area (Å²) in [7, 11) is 0. The molecule has 2 heterocycles. The van der Waals surface area contributed by atoms with E-state index in [9.17, 15) is 4.79 Å². The zero-order valence-electron chi connectivity index (χ0n) is 17.2. The molecule has 0 saturated carbocycles. The van der Waals surface area contributed by atoms with Gasteiger partial charge < -0.3 is 11.1 Å². The largest absolute Gasteiger partial charge is 0.351 e. The molecule has 1 aromatic rings. The summed E-state index contributed by atoms with van der Waals surface area (Å²) in [5.74, 6) is 0.0948. The van der Waals surface area contributed by atoms with Gasteiger partial charge in [0.2, 0.25) is 5.91 Å². The summed E-state index contributed by atoms with van der Waals surface area (Å²) < 4.78 is 0. The van der Waals surface area contributed by atoms with E-state index in [-0.39, 0.29) is 42.2 Å². The van der Waals surface area contributed by atoms with Crippen molar-refractivity contribution in [3.05, 3.63) is 35.4 Å². The van der Waals surface area contributed by atoms with Crippen LogP contribution in [-0.2, 0) is 17.9 Å². The third-order valence-electron chi connectivity index (χ3n) is 5.88. The van der Waals surface area contributed by atoms with Crippen LogP contribution in [0.5, 0.6) is 0 Å². The maximum atomic E-state index is 12.3. The highest BCUT2D eigenvalue weighted by atomic mass is 35.5. The lowest BCUT2D eigenvalue weighted by molar-refractivity contribution is -0.123. The number of nitrogens with zero attached hydrogens (tertiary/aromatic N) is 2. The number of halogens is 2. The minimum atomic E-state index is 0. The van der Waals surface area contributed by atoms with Crippen LogP contribution in [0.1, 0.15) is 44.2 Å². The Balaban J connectivity index is 0.00000196. The van der Waals surface area contributed by atoms with Gasteiger partial charge in [-0.25, -0.2) is 0 Å². The molecule has 7 heteroatoms. The fraction of sp³-hybridized carbons (Fsp3) is 0.667. The van der Waals surface area contributed by atoms with Crippen LogP contribution in [0.4, 0.5) is 0 Å². The number of hydrogen-bond donors (Lipinski definition) is 2. The van der Waals surface area contributed by atoms with Gasteiger partial charge in [-0.2, -0.15) is 0 Å². The van der Waals surface area contributed by atoms with Crippen molar-refractivity contribution >= 4 is 30.7 Å². The Labute approximate surface area is 182 Å². The molecular formula is C21H36Cl2N4O. The number of carbonyl (C=O) groups excluding carboxylic acids is 1. The fourth-order valence-electron chi connectivity index (χ4n) is 4.04. The van der Waals surface area contributed by atoms with E-state index in [1.807, 2.05) is 0 Å². The first-order valence-electron chi connectivity index (χ1n) is 9.97. The Morgan fingerprint density at radius 2 is 1.68 bits per heavy atom. The van der Waals surface area contributed by atoms with E-state index in [1.54, 1.807) is 0 Å². The molecule has 3 N–H and O–H groups in total. The van der Waals surface area contributed by atoms with Gasteiger partial charge in [0.25, 0.3) is 0 Å². The molecular weight excluding hydrogens is 395 g/mol. The quantitative estimate of drug-likeness (QED) is 0.727. The first-order chi connectivity index (χ1) is 12.4. The molecule has 160 valence electrons. The van der Waals surface area contributed by atoms with Gasteiger partial charge in [-0.05, 0) is 48.9 Å². The van der Waals surface area contributed by atoms with Gasteiger partial charge in [-0.15, -0.1) is 24.8 Å². The Kier molecular flexibility index (Phi) is 10.2. The topological polar surface area (TPSA) is 61.6 Å². The average molecular weight is 431 g/mol. The number of carbonyl (C=O) groups is 1. The van der Waals surface area contributed by atoms with Crippen molar-refractivity contribution in [1.29, 1.82) is 0 Å². The minimum absolute atomic E-state index is 0. The molecule has 0 spiro atoms. The first kappa shape index (κ1) is 25.2. The lowest BCUT2D eigenvalue weighted by Gasteiger charge is -2.42. The van der Waals surface area contributed by atoms with Crippen molar-refractivity contribution in [3.8, 4) is 0 Å². The van der Waals surface area contributed by atoms with Crippen LogP contribution in [0.3, 0.4) is 0 Å². The van der Waals surface area contributed by atoms with Crippen molar-refractivity contribution in [3.63, 3.8) is 0 Å². The van der Waals surface area contributed by atoms with Gasteiger partial charge in [-0.3, -0.25) is 14.6 Å². The Morgan fingerprint density at radius 1 is 1.07 bits per heavy atom. The highest BCUT2D eigenvalue weighted by Gasteiger charge is 2.33. The fourth-order valence-corrected chi connectivity index (χ4v) is 4.04. The molecule has 2 fully saturated rings. The van der Waals surface area contributed by atoms with Crippen LogP contribution in [0.15, 0.2) is 24.3 Å². The predicted octanol–water partition coefficient (Wildman–Crippen LogP) is 2.80. The van der Waals surface area contributed by atoms with E-state index in [4.69, 9.17) is 5.73 Å². The van der Waals surface area contributed by atoms with E-state index >= 15 is 0 Å². The number of nitrogens with one attached hydrogen (secondary N) is 1. The Bertz CT molecular complexity index is 603. The van der Waals surface area contributed by atoms with Crippen LogP contribution in [-0.4, -0.2) is 54.5 Å². The smallest absolute Gasteiger partial charge is 0.234 e. The molecule has 2 saturated heterocycles. The predicted molar refractivity (Wildman–Crippen MR) is 120 cm³/mol. The molecule has 1 amide bonds. The molecule has 5 nitrogen and oxygen atoms in total. The summed E-state index contributed by atoms with van der Waals surface area (Å²) in [6.07, 6.45) is 3.60. The zero-order valence-corrected chi connectivity index (χ0v) is 18.8. The Morgan fingerprint density at radius 3 is 2.29 bits per heavy atom. The van der Waals surface area contributed by atoms with Crippen LogP contribution >= 0.6 is 24.8 Å². The van der Waals surface area contributed by atoms with Crippen LogP contribution in [0.25, 0.3) is 0 Å². The lowest BCUT2D eigenvalue weighted by atomic mass is 9.80. The molecule has 2 aliphatic rings. The lowest BCUT2D eigenvalue weighted by Crippen LogP contribution is -2.54. The number of hydrogen-bond acceptors (Lipinski definition) is 4. The molecule has 28 heavy (non-hydrogen) atoms. The van der Waals surface area contributed by atoms with Crippen LogP contribution < -0.4 is 11.1 Å². The number of nitrogens with two attached hydrogens (primary N) is 1. The molecule has 0 aromatic heterocycles. The second-order valence-electron chi connectivity index (χ2n) is 8.67. The van der Waals surface area contributed by atoms with E-state index in [0.717, 1.165) is 31.6 Å². The number of piperidine rings is 1. The van der Waals surface area contributed by atoms with Crippen molar-refractivity contribution in [1.82, 2.24) is 15.1 Å². The highest BCUT2D eigenvalue weighted by molar-refractivity contribution is 5.85. The number of benzene rings is 1. The first-order valence-corrected chi connectivity index (χ1v) is 9.97. The van der Waals surface area contributed by atoms with Gasteiger partial charge in [-0.1, -0.05) is 38.1 Å². The van der Waals surface area contributed by atoms with Gasteiger partial charge >= 0.3 is 0 Å². The van der Waals surface area contributed by atoms with E-state index in [1.165, 1.54) is 31.5 Å². The monoisotopic (exact) mass is 430 g/mol. The molecule has 3 rings (SSSR count). The molecule has 0 bridgehead atoms. The molecule has 1 unspecified atom stereocenters. The molecule has 0 aliphatic carbocycles. The van der Waals surface area contributed by atoms with Crippen molar-refractivity contribution < 1.29 is 4.79 Å².